The van der Waals surface area contributed by atoms with Crippen LogP contribution in [0.3, 0.4) is 0 Å². The molecule has 4 heteroatoms. The topological polar surface area (TPSA) is 12.0 Å². The lowest BCUT2D eigenvalue weighted by molar-refractivity contribution is 0.372. The van der Waals surface area contributed by atoms with Crippen LogP contribution in [0.25, 0.3) is 0 Å². The Bertz CT molecular complexity index is 344. The van der Waals surface area contributed by atoms with Crippen LogP contribution in [0.1, 0.15) is 26.3 Å². The van der Waals surface area contributed by atoms with Gasteiger partial charge in [0.15, 0.2) is 0 Å². The van der Waals surface area contributed by atoms with E-state index in [2.05, 4.69) is 5.32 Å². The van der Waals surface area contributed by atoms with Gasteiger partial charge in [-0.1, -0.05) is 6.07 Å². The summed E-state index contributed by atoms with van der Waals surface area (Å²) in [5.74, 6) is -1.07. The third-order valence-corrected chi connectivity index (χ3v) is 3.32. The summed E-state index contributed by atoms with van der Waals surface area (Å²) in [6.07, 6.45) is 0. The molecule has 0 bridgehead atoms. The lowest BCUT2D eigenvalue weighted by Crippen LogP contribution is -2.45. The molecule has 0 amide bonds. The minimum Gasteiger partial charge on any atom is -0.306 e. The minimum absolute atomic E-state index is 0.0490. The lowest BCUT2D eigenvalue weighted by atomic mass is 10.0. The van der Waals surface area contributed by atoms with Gasteiger partial charge in [-0.05, 0) is 32.9 Å². The Balaban J connectivity index is 2.75. The molecule has 1 aromatic rings. The molecule has 0 fully saturated rings. The minimum atomic E-state index is -0.537. The van der Waals surface area contributed by atoms with Crippen molar-refractivity contribution in [3.8, 4) is 0 Å². The van der Waals surface area contributed by atoms with E-state index >= 15 is 0 Å². The van der Waals surface area contributed by atoms with Gasteiger partial charge < -0.3 is 5.32 Å². The predicted octanol–water partition coefficient (Wildman–Crippen LogP) is 3.46. The standard InChI is InChI=1S/C12H16ClF2N/c1-8(13)12(2,3)16-7-9-10(14)5-4-6-11(9)15/h4-6,8,16H,7H2,1-3H3. The van der Waals surface area contributed by atoms with Gasteiger partial charge in [0.05, 0.1) is 0 Å². The molecule has 16 heavy (non-hydrogen) atoms. The summed E-state index contributed by atoms with van der Waals surface area (Å²) < 4.78 is 26.6. The van der Waals surface area contributed by atoms with E-state index in [0.717, 1.165) is 0 Å². The van der Waals surface area contributed by atoms with E-state index in [-0.39, 0.29) is 23.0 Å². The number of nitrogens with one attached hydrogen (secondary N) is 1. The second-order valence-corrected chi connectivity index (χ2v) is 5.05. The number of benzene rings is 1. The van der Waals surface area contributed by atoms with Crippen molar-refractivity contribution in [2.45, 2.75) is 38.2 Å². The summed E-state index contributed by atoms with van der Waals surface area (Å²) >= 11 is 5.97. The number of hydrogen-bond acceptors (Lipinski definition) is 1. The first-order valence-corrected chi connectivity index (χ1v) is 5.60. The second kappa shape index (κ2) is 5.11. The zero-order valence-corrected chi connectivity index (χ0v) is 10.4. The van der Waals surface area contributed by atoms with E-state index in [1.54, 1.807) is 0 Å². The maximum absolute atomic E-state index is 13.3. The van der Waals surface area contributed by atoms with Gasteiger partial charge in [0, 0.05) is 23.0 Å². The number of rotatable bonds is 4. The molecule has 0 saturated carbocycles. The molecule has 0 aromatic heterocycles. The number of hydrogen-bond donors (Lipinski definition) is 1. The first-order chi connectivity index (χ1) is 7.34. The molecule has 1 atom stereocenters. The van der Waals surface area contributed by atoms with Gasteiger partial charge >= 0.3 is 0 Å². The van der Waals surface area contributed by atoms with Crippen LogP contribution >= 0.6 is 11.6 Å². The molecular formula is C12H16ClF2N. The number of alkyl halides is 1. The van der Waals surface area contributed by atoms with Crippen LogP contribution in [-0.2, 0) is 6.54 Å². The van der Waals surface area contributed by atoms with Crippen LogP contribution in [-0.4, -0.2) is 10.9 Å². The molecule has 1 rings (SSSR count). The predicted molar refractivity (Wildman–Crippen MR) is 62.6 cm³/mol. The largest absolute Gasteiger partial charge is 0.306 e. The van der Waals surface area contributed by atoms with Crippen molar-refractivity contribution in [2.24, 2.45) is 0 Å². The molecule has 0 saturated heterocycles. The molecule has 90 valence electrons. The monoisotopic (exact) mass is 247 g/mol. The quantitative estimate of drug-likeness (QED) is 0.804. The van der Waals surface area contributed by atoms with Gasteiger partial charge in [0.1, 0.15) is 11.6 Å². The Kier molecular flexibility index (Phi) is 4.28. The lowest BCUT2D eigenvalue weighted by Gasteiger charge is -2.29. The van der Waals surface area contributed by atoms with Crippen molar-refractivity contribution in [2.75, 3.05) is 0 Å². The van der Waals surface area contributed by atoms with Gasteiger partial charge in [-0.15, -0.1) is 11.6 Å². The van der Waals surface area contributed by atoms with E-state index in [1.165, 1.54) is 18.2 Å². The SMILES string of the molecule is CC(Cl)C(C)(C)NCc1c(F)cccc1F. The molecule has 1 aromatic carbocycles. The summed E-state index contributed by atoms with van der Waals surface area (Å²) in [5, 5.41) is 2.91. The first kappa shape index (κ1) is 13.4. The summed E-state index contributed by atoms with van der Waals surface area (Å²) in [7, 11) is 0. The van der Waals surface area contributed by atoms with E-state index in [9.17, 15) is 8.78 Å². The van der Waals surface area contributed by atoms with Crippen molar-refractivity contribution < 1.29 is 8.78 Å². The Hall–Kier alpha value is -0.670. The molecule has 0 aliphatic heterocycles. The highest BCUT2D eigenvalue weighted by Crippen LogP contribution is 2.17. The average Bonchev–Trinajstić information content (AvgIpc) is 2.16. The smallest absolute Gasteiger partial charge is 0.130 e. The molecular weight excluding hydrogens is 232 g/mol. The summed E-state index contributed by atoms with van der Waals surface area (Å²) in [6.45, 7) is 5.75. The normalized spacial score (nSPS) is 13.9. The third kappa shape index (κ3) is 3.16. The fraction of sp³-hybridized carbons (Fsp3) is 0.500. The molecule has 0 heterocycles. The van der Waals surface area contributed by atoms with Gasteiger partial charge in [0.2, 0.25) is 0 Å². The van der Waals surface area contributed by atoms with E-state index in [1.807, 2.05) is 20.8 Å². The van der Waals surface area contributed by atoms with E-state index in [4.69, 9.17) is 11.6 Å². The summed E-state index contributed by atoms with van der Waals surface area (Å²) in [4.78, 5) is 0. The second-order valence-electron chi connectivity index (χ2n) is 4.39. The average molecular weight is 248 g/mol. The molecule has 0 spiro atoms. The Morgan fingerprint density at radius 1 is 1.31 bits per heavy atom. The zero-order chi connectivity index (χ0) is 12.3. The molecule has 1 unspecified atom stereocenters. The maximum atomic E-state index is 13.3. The Labute approximate surface area is 99.8 Å². The van der Waals surface area contributed by atoms with Crippen molar-refractivity contribution in [3.05, 3.63) is 35.4 Å². The van der Waals surface area contributed by atoms with Crippen LogP contribution < -0.4 is 5.32 Å². The Morgan fingerprint density at radius 2 is 1.81 bits per heavy atom. The van der Waals surface area contributed by atoms with Crippen LogP contribution in [0.2, 0.25) is 0 Å². The summed E-state index contributed by atoms with van der Waals surface area (Å²) in [5.41, 5.74) is -0.330. The van der Waals surface area contributed by atoms with Gasteiger partial charge in [-0.2, -0.15) is 0 Å². The zero-order valence-electron chi connectivity index (χ0n) is 9.65. The van der Waals surface area contributed by atoms with Crippen LogP contribution in [0.15, 0.2) is 18.2 Å². The molecule has 1 N–H and O–H groups in total. The van der Waals surface area contributed by atoms with Crippen molar-refractivity contribution in [1.82, 2.24) is 5.32 Å². The van der Waals surface area contributed by atoms with Crippen molar-refractivity contribution in [1.29, 1.82) is 0 Å². The highest BCUT2D eigenvalue weighted by Gasteiger charge is 2.24. The molecule has 0 radical (unpaired) electrons. The Morgan fingerprint density at radius 3 is 2.25 bits per heavy atom. The van der Waals surface area contributed by atoms with Crippen LogP contribution in [0.5, 0.6) is 0 Å². The van der Waals surface area contributed by atoms with Gasteiger partial charge in [-0.3, -0.25) is 0 Å². The van der Waals surface area contributed by atoms with E-state index in [0.29, 0.717) is 0 Å². The molecule has 0 aliphatic carbocycles. The third-order valence-electron chi connectivity index (χ3n) is 2.78. The fourth-order valence-electron chi connectivity index (χ4n) is 1.16. The highest BCUT2D eigenvalue weighted by molar-refractivity contribution is 6.21. The highest BCUT2D eigenvalue weighted by atomic mass is 35.5. The van der Waals surface area contributed by atoms with Crippen molar-refractivity contribution >= 4 is 11.6 Å². The first-order valence-electron chi connectivity index (χ1n) is 5.16. The molecule has 0 aliphatic rings. The van der Waals surface area contributed by atoms with Gasteiger partial charge in [-0.25, -0.2) is 8.78 Å². The summed E-state index contributed by atoms with van der Waals surface area (Å²) in [6, 6.07) is 3.85. The fourth-order valence-corrected chi connectivity index (χ4v) is 1.24. The number of halogens is 3. The maximum Gasteiger partial charge on any atom is 0.130 e. The van der Waals surface area contributed by atoms with E-state index < -0.39 is 11.6 Å². The van der Waals surface area contributed by atoms with Gasteiger partial charge in [0.25, 0.3) is 0 Å². The van der Waals surface area contributed by atoms with Crippen LogP contribution in [0, 0.1) is 11.6 Å². The van der Waals surface area contributed by atoms with Crippen LogP contribution in [0.4, 0.5) is 8.78 Å². The molecule has 1 nitrogen and oxygen atoms in total. The van der Waals surface area contributed by atoms with Crippen molar-refractivity contribution in [3.63, 3.8) is 0 Å².